The molecule has 1 saturated carbocycles. The number of pyridine rings is 1. The number of H-pyrrole nitrogens is 1. The van der Waals surface area contributed by atoms with Crippen LogP contribution in [0.15, 0.2) is 24.5 Å². The molecule has 1 atom stereocenters. The van der Waals surface area contributed by atoms with Crippen LogP contribution in [0.2, 0.25) is 0 Å². The van der Waals surface area contributed by atoms with E-state index in [1.165, 1.54) is 6.42 Å². The summed E-state index contributed by atoms with van der Waals surface area (Å²) >= 11 is 0. The van der Waals surface area contributed by atoms with Gasteiger partial charge in [-0.1, -0.05) is 6.42 Å². The SMILES string of the molecule is CC(C)Nc1cc(-c2cn[nH]c2[C@@H]2CCN(C(=O)C3CCC3)C2)ccn1. The van der Waals surface area contributed by atoms with Crippen LogP contribution < -0.4 is 5.32 Å². The first kappa shape index (κ1) is 17.1. The fraction of sp³-hybridized carbons (Fsp3) is 0.550. The van der Waals surface area contributed by atoms with Crippen LogP contribution in [-0.2, 0) is 4.79 Å². The third kappa shape index (κ3) is 3.32. The highest BCUT2D eigenvalue weighted by molar-refractivity contribution is 5.80. The van der Waals surface area contributed by atoms with Gasteiger partial charge in [0.15, 0.2) is 0 Å². The number of anilines is 1. The van der Waals surface area contributed by atoms with Crippen molar-refractivity contribution in [1.82, 2.24) is 20.1 Å². The van der Waals surface area contributed by atoms with Gasteiger partial charge >= 0.3 is 0 Å². The molecular formula is C20H27N5O. The standard InChI is InChI=1S/C20H27N5O/c1-13(2)23-18-10-15(6-8-21-18)17-11-22-24-19(17)16-7-9-25(12-16)20(26)14-4-3-5-14/h6,8,10-11,13-14,16H,3-5,7,9,12H2,1-2H3,(H,21,23)(H,22,24)/t16-/m1/s1. The number of nitrogens with zero attached hydrogens (tertiary/aromatic N) is 3. The molecule has 3 heterocycles. The average Bonchev–Trinajstić information content (AvgIpc) is 3.22. The van der Waals surface area contributed by atoms with Crippen molar-refractivity contribution in [2.24, 2.45) is 5.92 Å². The molecule has 2 fully saturated rings. The summed E-state index contributed by atoms with van der Waals surface area (Å²) in [6.07, 6.45) is 8.05. The molecule has 0 aromatic carbocycles. The van der Waals surface area contributed by atoms with Gasteiger partial charge in [0.2, 0.25) is 5.91 Å². The van der Waals surface area contributed by atoms with Gasteiger partial charge in [-0.2, -0.15) is 5.10 Å². The minimum Gasteiger partial charge on any atom is -0.368 e. The maximum absolute atomic E-state index is 12.5. The van der Waals surface area contributed by atoms with Crippen molar-refractivity contribution >= 4 is 11.7 Å². The Hall–Kier alpha value is -2.37. The lowest BCUT2D eigenvalue weighted by molar-refractivity contribution is -0.137. The number of rotatable bonds is 5. The first-order valence-corrected chi connectivity index (χ1v) is 9.67. The van der Waals surface area contributed by atoms with Gasteiger partial charge in [-0.25, -0.2) is 4.98 Å². The molecule has 2 aromatic rings. The fourth-order valence-electron chi connectivity index (χ4n) is 3.92. The second kappa shape index (κ2) is 7.09. The molecule has 1 aliphatic heterocycles. The third-order valence-electron chi connectivity index (χ3n) is 5.54. The van der Waals surface area contributed by atoms with Gasteiger partial charge in [0.1, 0.15) is 5.82 Å². The second-order valence-corrected chi connectivity index (χ2v) is 7.82. The van der Waals surface area contributed by atoms with Crippen LogP contribution in [0.5, 0.6) is 0 Å². The Bertz CT molecular complexity index is 780. The first-order chi connectivity index (χ1) is 12.6. The second-order valence-electron chi connectivity index (χ2n) is 7.82. The van der Waals surface area contributed by atoms with Crippen molar-refractivity contribution in [2.45, 2.75) is 51.5 Å². The van der Waals surface area contributed by atoms with Crippen LogP contribution in [0.4, 0.5) is 5.82 Å². The number of aromatic amines is 1. The minimum atomic E-state index is 0.278. The monoisotopic (exact) mass is 353 g/mol. The largest absolute Gasteiger partial charge is 0.368 e. The van der Waals surface area contributed by atoms with Gasteiger partial charge < -0.3 is 10.2 Å². The summed E-state index contributed by atoms with van der Waals surface area (Å²) in [4.78, 5) is 19.0. The molecule has 0 bridgehead atoms. The number of aromatic nitrogens is 3. The minimum absolute atomic E-state index is 0.278. The Labute approximate surface area is 154 Å². The van der Waals surface area contributed by atoms with Crippen molar-refractivity contribution in [3.8, 4) is 11.1 Å². The van der Waals surface area contributed by atoms with Gasteiger partial charge in [0, 0.05) is 48.4 Å². The highest BCUT2D eigenvalue weighted by atomic mass is 16.2. The van der Waals surface area contributed by atoms with Gasteiger partial charge in [-0.05, 0) is 50.8 Å². The van der Waals surface area contributed by atoms with Crippen molar-refractivity contribution in [1.29, 1.82) is 0 Å². The molecule has 4 rings (SSSR count). The van der Waals surface area contributed by atoms with E-state index in [0.29, 0.717) is 17.9 Å². The summed E-state index contributed by atoms with van der Waals surface area (Å²) in [5.41, 5.74) is 3.36. The number of likely N-dealkylation sites (tertiary alicyclic amines) is 1. The molecule has 1 aliphatic carbocycles. The molecule has 26 heavy (non-hydrogen) atoms. The number of nitrogens with one attached hydrogen (secondary N) is 2. The van der Waals surface area contributed by atoms with Crippen molar-refractivity contribution in [3.05, 3.63) is 30.2 Å². The lowest BCUT2D eigenvalue weighted by atomic mass is 9.84. The zero-order valence-electron chi connectivity index (χ0n) is 15.5. The van der Waals surface area contributed by atoms with E-state index in [0.717, 1.165) is 55.0 Å². The number of hydrogen-bond acceptors (Lipinski definition) is 4. The van der Waals surface area contributed by atoms with E-state index < -0.39 is 0 Å². The Kier molecular flexibility index (Phi) is 4.66. The summed E-state index contributed by atoms with van der Waals surface area (Å²) in [5, 5.41) is 10.8. The predicted octanol–water partition coefficient (Wildman–Crippen LogP) is 3.41. The maximum Gasteiger partial charge on any atom is 0.225 e. The van der Waals surface area contributed by atoms with E-state index in [9.17, 15) is 4.79 Å². The molecule has 0 radical (unpaired) electrons. The quantitative estimate of drug-likeness (QED) is 0.864. The summed E-state index contributed by atoms with van der Waals surface area (Å²) in [6.45, 7) is 5.86. The summed E-state index contributed by atoms with van der Waals surface area (Å²) in [6, 6.07) is 4.43. The zero-order valence-corrected chi connectivity index (χ0v) is 15.5. The highest BCUT2D eigenvalue weighted by Gasteiger charge is 2.35. The fourth-order valence-corrected chi connectivity index (χ4v) is 3.92. The number of carbonyl (C=O) groups excluding carboxylic acids is 1. The molecule has 2 aromatic heterocycles. The van der Waals surface area contributed by atoms with E-state index in [1.54, 1.807) is 0 Å². The smallest absolute Gasteiger partial charge is 0.225 e. The molecule has 0 spiro atoms. The van der Waals surface area contributed by atoms with Crippen LogP contribution in [0.3, 0.4) is 0 Å². The summed E-state index contributed by atoms with van der Waals surface area (Å²) < 4.78 is 0. The van der Waals surface area contributed by atoms with Crippen molar-refractivity contribution < 1.29 is 4.79 Å². The lowest BCUT2D eigenvalue weighted by Crippen LogP contribution is -2.37. The molecule has 2 aliphatic rings. The van der Waals surface area contributed by atoms with E-state index in [4.69, 9.17) is 0 Å². The van der Waals surface area contributed by atoms with Gasteiger partial charge in [-0.15, -0.1) is 0 Å². The van der Waals surface area contributed by atoms with Crippen LogP contribution >= 0.6 is 0 Å². The predicted molar refractivity (Wildman–Crippen MR) is 102 cm³/mol. The van der Waals surface area contributed by atoms with Crippen LogP contribution in [0.1, 0.15) is 51.1 Å². The highest BCUT2D eigenvalue weighted by Crippen LogP contribution is 2.36. The van der Waals surface area contributed by atoms with E-state index >= 15 is 0 Å². The number of hydrogen-bond donors (Lipinski definition) is 2. The molecular weight excluding hydrogens is 326 g/mol. The zero-order chi connectivity index (χ0) is 18.1. The maximum atomic E-state index is 12.5. The van der Waals surface area contributed by atoms with Crippen LogP contribution in [-0.4, -0.2) is 45.1 Å². The van der Waals surface area contributed by atoms with Crippen LogP contribution in [0, 0.1) is 5.92 Å². The third-order valence-corrected chi connectivity index (χ3v) is 5.54. The lowest BCUT2D eigenvalue weighted by Gasteiger charge is -2.29. The number of carbonyl (C=O) groups is 1. The van der Waals surface area contributed by atoms with E-state index in [1.807, 2.05) is 18.5 Å². The first-order valence-electron chi connectivity index (χ1n) is 9.67. The topological polar surface area (TPSA) is 73.9 Å². The molecule has 2 N–H and O–H groups in total. The Balaban J connectivity index is 1.51. The molecule has 138 valence electrons. The molecule has 6 heteroatoms. The van der Waals surface area contributed by atoms with Gasteiger partial charge in [-0.3, -0.25) is 9.89 Å². The van der Waals surface area contributed by atoms with E-state index in [-0.39, 0.29) is 5.92 Å². The molecule has 1 amide bonds. The molecule has 6 nitrogen and oxygen atoms in total. The summed E-state index contributed by atoms with van der Waals surface area (Å²) in [7, 11) is 0. The van der Waals surface area contributed by atoms with Crippen LogP contribution in [0.25, 0.3) is 11.1 Å². The van der Waals surface area contributed by atoms with E-state index in [2.05, 4.69) is 45.3 Å². The van der Waals surface area contributed by atoms with Gasteiger partial charge in [0.25, 0.3) is 0 Å². The molecule has 1 saturated heterocycles. The average molecular weight is 353 g/mol. The van der Waals surface area contributed by atoms with Gasteiger partial charge in [0.05, 0.1) is 6.20 Å². The Morgan fingerprint density at radius 1 is 1.35 bits per heavy atom. The van der Waals surface area contributed by atoms with Crippen molar-refractivity contribution in [3.63, 3.8) is 0 Å². The molecule has 0 unspecified atom stereocenters. The normalized spacial score (nSPS) is 20.4. The Morgan fingerprint density at radius 2 is 2.19 bits per heavy atom. The number of amides is 1. The Morgan fingerprint density at radius 3 is 2.92 bits per heavy atom. The van der Waals surface area contributed by atoms with Crippen molar-refractivity contribution in [2.75, 3.05) is 18.4 Å². The summed E-state index contributed by atoms with van der Waals surface area (Å²) in [5.74, 6) is 1.83.